The van der Waals surface area contributed by atoms with Gasteiger partial charge in [-0.3, -0.25) is 4.68 Å². The van der Waals surface area contributed by atoms with E-state index in [1.807, 2.05) is 36.1 Å². The van der Waals surface area contributed by atoms with Crippen LogP contribution in [0.3, 0.4) is 0 Å². The average molecular weight is 292 g/mol. The number of aryl methyl sites for hydroxylation is 1. The molecule has 0 spiro atoms. The monoisotopic (exact) mass is 291 g/mol. The summed E-state index contributed by atoms with van der Waals surface area (Å²) in [6.45, 7) is 3.22. The van der Waals surface area contributed by atoms with Crippen LogP contribution in [0.4, 0.5) is 0 Å². The third kappa shape index (κ3) is 4.66. The smallest absolute Gasteiger partial charge is 0.0522 e. The molecule has 20 heavy (non-hydrogen) atoms. The van der Waals surface area contributed by atoms with Crippen LogP contribution in [0.1, 0.15) is 24.5 Å². The molecule has 0 fully saturated rings. The molecule has 0 saturated heterocycles. The van der Waals surface area contributed by atoms with Gasteiger partial charge in [0.2, 0.25) is 0 Å². The quantitative estimate of drug-likeness (QED) is 0.849. The topological polar surface area (TPSA) is 29.9 Å². The Morgan fingerprint density at radius 3 is 2.75 bits per heavy atom. The molecule has 0 amide bonds. The van der Waals surface area contributed by atoms with E-state index in [2.05, 4.69) is 29.6 Å². The molecule has 0 aliphatic carbocycles. The molecule has 0 radical (unpaired) electrons. The van der Waals surface area contributed by atoms with Gasteiger partial charge in [0.25, 0.3) is 0 Å². The Labute approximate surface area is 126 Å². The maximum atomic E-state index is 6.06. The first-order chi connectivity index (χ1) is 9.67. The number of nitrogens with zero attached hydrogens (tertiary/aromatic N) is 2. The number of hydrogen-bond donors (Lipinski definition) is 1. The van der Waals surface area contributed by atoms with Gasteiger partial charge in [0.1, 0.15) is 0 Å². The van der Waals surface area contributed by atoms with Crippen molar-refractivity contribution in [1.29, 1.82) is 0 Å². The van der Waals surface area contributed by atoms with Gasteiger partial charge in [0, 0.05) is 24.3 Å². The summed E-state index contributed by atoms with van der Waals surface area (Å²) in [5, 5.41) is 8.66. The molecule has 0 aliphatic rings. The first-order valence-corrected chi connectivity index (χ1v) is 7.50. The zero-order valence-electron chi connectivity index (χ0n) is 12.1. The summed E-state index contributed by atoms with van der Waals surface area (Å²) in [6.07, 6.45) is 7.13. The number of hydrogen-bond acceptors (Lipinski definition) is 2. The van der Waals surface area contributed by atoms with Gasteiger partial charge in [-0.1, -0.05) is 30.7 Å². The zero-order valence-corrected chi connectivity index (χ0v) is 12.9. The first kappa shape index (κ1) is 15.1. The molecular weight excluding hydrogens is 270 g/mol. The Morgan fingerprint density at radius 2 is 2.10 bits per heavy atom. The number of benzene rings is 1. The van der Waals surface area contributed by atoms with Crippen LogP contribution in [-0.4, -0.2) is 22.4 Å². The Kier molecular flexibility index (Phi) is 5.62. The van der Waals surface area contributed by atoms with Gasteiger partial charge < -0.3 is 5.32 Å². The third-order valence-electron chi connectivity index (χ3n) is 3.29. The lowest BCUT2D eigenvalue weighted by Crippen LogP contribution is -2.33. The maximum Gasteiger partial charge on any atom is 0.0522 e. The highest BCUT2D eigenvalue weighted by Gasteiger charge is 2.11. The van der Waals surface area contributed by atoms with Crippen LogP contribution in [0.25, 0.3) is 0 Å². The maximum absolute atomic E-state index is 6.06. The van der Waals surface area contributed by atoms with Crippen LogP contribution in [-0.2, 0) is 19.9 Å². The van der Waals surface area contributed by atoms with Crippen molar-refractivity contribution in [2.75, 3.05) is 6.54 Å². The molecule has 1 aromatic heterocycles. The number of rotatable bonds is 7. The Hall–Kier alpha value is -1.32. The fourth-order valence-corrected chi connectivity index (χ4v) is 2.59. The highest BCUT2D eigenvalue weighted by Crippen LogP contribution is 2.14. The van der Waals surface area contributed by atoms with Gasteiger partial charge >= 0.3 is 0 Å². The molecule has 1 atom stereocenters. The fraction of sp³-hybridized carbons (Fsp3) is 0.438. The molecule has 0 aliphatic heterocycles. The number of aromatic nitrogens is 2. The summed E-state index contributed by atoms with van der Waals surface area (Å²) in [5.74, 6) is 0. The minimum absolute atomic E-state index is 0.414. The van der Waals surface area contributed by atoms with Crippen molar-refractivity contribution in [3.05, 3.63) is 52.8 Å². The molecule has 2 rings (SSSR count). The van der Waals surface area contributed by atoms with Crippen LogP contribution in [0.2, 0.25) is 5.02 Å². The van der Waals surface area contributed by atoms with Crippen LogP contribution in [0.5, 0.6) is 0 Å². The summed E-state index contributed by atoms with van der Waals surface area (Å²) in [7, 11) is 1.95. The SMILES string of the molecule is CCCNC(Cc1cccc(Cl)c1)Cc1cnn(C)c1. The van der Waals surface area contributed by atoms with Crippen LogP contribution < -0.4 is 5.32 Å². The normalized spacial score (nSPS) is 12.6. The minimum atomic E-state index is 0.414. The van der Waals surface area contributed by atoms with E-state index in [1.54, 1.807) is 0 Å². The van der Waals surface area contributed by atoms with E-state index in [0.717, 1.165) is 30.8 Å². The predicted molar refractivity (Wildman–Crippen MR) is 84.1 cm³/mol. The highest BCUT2D eigenvalue weighted by molar-refractivity contribution is 6.30. The fourth-order valence-electron chi connectivity index (χ4n) is 2.38. The Balaban J connectivity index is 2.02. The van der Waals surface area contributed by atoms with Gasteiger partial charge in [0.15, 0.2) is 0 Å². The van der Waals surface area contributed by atoms with Crippen molar-refractivity contribution >= 4 is 11.6 Å². The third-order valence-corrected chi connectivity index (χ3v) is 3.53. The van der Waals surface area contributed by atoms with E-state index in [-0.39, 0.29) is 0 Å². The molecule has 3 nitrogen and oxygen atoms in total. The Morgan fingerprint density at radius 1 is 1.30 bits per heavy atom. The molecule has 1 unspecified atom stereocenters. The summed E-state index contributed by atoms with van der Waals surface area (Å²) < 4.78 is 1.85. The Bertz CT molecular complexity index is 536. The van der Waals surface area contributed by atoms with Crippen molar-refractivity contribution in [2.24, 2.45) is 7.05 Å². The van der Waals surface area contributed by atoms with Crippen molar-refractivity contribution in [1.82, 2.24) is 15.1 Å². The van der Waals surface area contributed by atoms with Gasteiger partial charge in [-0.25, -0.2) is 0 Å². The van der Waals surface area contributed by atoms with E-state index < -0.39 is 0 Å². The van der Waals surface area contributed by atoms with E-state index in [9.17, 15) is 0 Å². The molecule has 108 valence electrons. The van der Waals surface area contributed by atoms with Crippen LogP contribution >= 0.6 is 11.6 Å². The molecular formula is C16H22ClN3. The van der Waals surface area contributed by atoms with Crippen molar-refractivity contribution in [3.63, 3.8) is 0 Å². The first-order valence-electron chi connectivity index (χ1n) is 7.12. The summed E-state index contributed by atoms with van der Waals surface area (Å²) in [4.78, 5) is 0. The van der Waals surface area contributed by atoms with Crippen molar-refractivity contribution < 1.29 is 0 Å². The lowest BCUT2D eigenvalue weighted by molar-refractivity contribution is 0.504. The summed E-state index contributed by atoms with van der Waals surface area (Å²) >= 11 is 6.06. The van der Waals surface area contributed by atoms with E-state index in [1.165, 1.54) is 11.1 Å². The largest absolute Gasteiger partial charge is 0.313 e. The number of nitrogens with one attached hydrogen (secondary N) is 1. The van der Waals surface area contributed by atoms with Crippen LogP contribution in [0, 0.1) is 0 Å². The molecule has 0 bridgehead atoms. The second-order valence-corrected chi connectivity index (χ2v) is 5.65. The lowest BCUT2D eigenvalue weighted by Gasteiger charge is -2.18. The highest BCUT2D eigenvalue weighted by atomic mass is 35.5. The van der Waals surface area contributed by atoms with Gasteiger partial charge in [0.05, 0.1) is 6.20 Å². The minimum Gasteiger partial charge on any atom is -0.313 e. The number of halogens is 1. The molecule has 1 N–H and O–H groups in total. The van der Waals surface area contributed by atoms with Gasteiger partial charge in [-0.05, 0) is 49.1 Å². The second kappa shape index (κ2) is 7.46. The summed E-state index contributed by atoms with van der Waals surface area (Å²) in [5.41, 5.74) is 2.54. The lowest BCUT2D eigenvalue weighted by atomic mass is 10.0. The van der Waals surface area contributed by atoms with Crippen LogP contribution in [0.15, 0.2) is 36.7 Å². The van der Waals surface area contributed by atoms with E-state index in [4.69, 9.17) is 11.6 Å². The zero-order chi connectivity index (χ0) is 14.4. The van der Waals surface area contributed by atoms with E-state index >= 15 is 0 Å². The van der Waals surface area contributed by atoms with Crippen molar-refractivity contribution in [2.45, 2.75) is 32.2 Å². The second-order valence-electron chi connectivity index (χ2n) is 5.21. The average Bonchev–Trinajstić information content (AvgIpc) is 2.81. The molecule has 1 heterocycles. The molecule has 2 aromatic rings. The van der Waals surface area contributed by atoms with Crippen molar-refractivity contribution in [3.8, 4) is 0 Å². The molecule has 4 heteroatoms. The standard InChI is InChI=1S/C16H22ClN3/c1-3-7-18-16(10-14-11-19-20(2)12-14)9-13-5-4-6-15(17)8-13/h4-6,8,11-12,16,18H,3,7,9-10H2,1-2H3. The van der Waals surface area contributed by atoms with Gasteiger partial charge in [-0.15, -0.1) is 0 Å². The molecule has 1 aromatic carbocycles. The molecule has 0 saturated carbocycles. The van der Waals surface area contributed by atoms with Gasteiger partial charge in [-0.2, -0.15) is 5.10 Å². The predicted octanol–water partition coefficient (Wildman–Crippen LogP) is 3.23. The van der Waals surface area contributed by atoms with E-state index in [0.29, 0.717) is 6.04 Å². The summed E-state index contributed by atoms with van der Waals surface area (Å²) in [6, 6.07) is 8.53.